The number of non-ortho nitro benzene ring substituents is 1. The van der Waals surface area contributed by atoms with E-state index in [2.05, 4.69) is 73.5 Å². The summed E-state index contributed by atoms with van der Waals surface area (Å²) in [6.45, 7) is 15.8. The number of fused-ring (bicyclic) bond motifs is 2. The van der Waals surface area contributed by atoms with Crippen LogP contribution in [0.2, 0.25) is 0 Å². The number of nitrogens with zero attached hydrogens (tertiary/aromatic N) is 5. The van der Waals surface area contributed by atoms with Crippen LogP contribution in [0.3, 0.4) is 0 Å². The first-order chi connectivity index (χ1) is 18.9. The second-order valence-electron chi connectivity index (χ2n) is 13.8. The molecule has 4 aliphatic heterocycles. The molecule has 0 amide bonds. The van der Waals surface area contributed by atoms with Crippen molar-refractivity contribution in [1.29, 1.82) is 0 Å². The van der Waals surface area contributed by atoms with E-state index in [0.29, 0.717) is 12.1 Å². The monoisotopic (exact) mass is 548 g/mol. The number of rotatable bonds is 3. The summed E-state index contributed by atoms with van der Waals surface area (Å²) in [6.07, 6.45) is 4.80. The van der Waals surface area contributed by atoms with E-state index in [4.69, 9.17) is 5.73 Å². The highest BCUT2D eigenvalue weighted by Gasteiger charge is 2.40. The summed E-state index contributed by atoms with van der Waals surface area (Å²) in [4.78, 5) is 20.6. The lowest BCUT2D eigenvalue weighted by Crippen LogP contribution is -2.44. The Hall–Kier alpha value is -2.84. The van der Waals surface area contributed by atoms with E-state index in [1.165, 1.54) is 42.7 Å². The van der Waals surface area contributed by atoms with Gasteiger partial charge in [-0.15, -0.1) is 0 Å². The maximum absolute atomic E-state index is 11.1. The zero-order valence-electron chi connectivity index (χ0n) is 25.3. The van der Waals surface area contributed by atoms with Crippen LogP contribution in [0.5, 0.6) is 0 Å². The third kappa shape index (κ3) is 5.66. The Balaban J connectivity index is 0.000000162. The van der Waals surface area contributed by atoms with E-state index in [0.717, 1.165) is 50.4 Å². The van der Waals surface area contributed by atoms with Gasteiger partial charge in [-0.1, -0.05) is 33.8 Å². The van der Waals surface area contributed by atoms with Gasteiger partial charge in [-0.2, -0.15) is 0 Å². The number of nitrogen functional groups attached to an aromatic ring is 1. The largest absolute Gasteiger partial charge is 0.399 e. The summed E-state index contributed by atoms with van der Waals surface area (Å²) in [5, 5.41) is 11.1. The van der Waals surface area contributed by atoms with Gasteiger partial charge in [-0.25, -0.2) is 0 Å². The Morgan fingerprint density at radius 3 is 1.62 bits per heavy atom. The van der Waals surface area contributed by atoms with Gasteiger partial charge in [0.2, 0.25) is 0 Å². The number of likely N-dealkylation sites (tertiary alicyclic amines) is 2. The molecule has 218 valence electrons. The van der Waals surface area contributed by atoms with Crippen molar-refractivity contribution in [2.24, 2.45) is 0 Å². The number of nitro benzene ring substituents is 1. The highest BCUT2D eigenvalue weighted by Crippen LogP contribution is 2.45. The molecule has 0 radical (unpaired) electrons. The molecule has 0 atom stereocenters. The van der Waals surface area contributed by atoms with Crippen molar-refractivity contribution in [2.75, 3.05) is 68.9 Å². The van der Waals surface area contributed by atoms with Gasteiger partial charge < -0.3 is 25.3 Å². The molecule has 2 N–H and O–H groups in total. The van der Waals surface area contributed by atoms with Gasteiger partial charge in [-0.05, 0) is 95.3 Å². The Labute approximate surface area is 240 Å². The van der Waals surface area contributed by atoms with Gasteiger partial charge in [0.25, 0.3) is 5.69 Å². The van der Waals surface area contributed by atoms with Crippen LogP contribution in [0, 0.1) is 10.1 Å². The fraction of sp³-hybridized carbons (Fsp3) is 0.625. The Bertz CT molecular complexity index is 1230. The first-order valence-corrected chi connectivity index (χ1v) is 14.9. The molecule has 40 heavy (non-hydrogen) atoms. The van der Waals surface area contributed by atoms with Crippen LogP contribution in [0.4, 0.5) is 22.7 Å². The molecular formula is C32H48N6O2. The number of nitro groups is 1. The van der Waals surface area contributed by atoms with E-state index in [1.54, 1.807) is 12.1 Å². The Morgan fingerprint density at radius 1 is 0.750 bits per heavy atom. The van der Waals surface area contributed by atoms with Crippen molar-refractivity contribution < 1.29 is 4.92 Å². The topological polar surface area (TPSA) is 82.1 Å². The Morgan fingerprint density at radius 2 is 1.18 bits per heavy atom. The number of benzene rings is 2. The summed E-state index contributed by atoms with van der Waals surface area (Å²) in [7, 11) is 4.37. The fourth-order valence-electron chi connectivity index (χ4n) is 7.26. The lowest BCUT2D eigenvalue weighted by Gasteiger charge is -2.37. The SMILES string of the molecule is CN1CCC(N2CC(C)(C)c3ccc(N)cc32)CC1.CN1CCC(N2CC(C)(C)c3ccc([N+](=O)[O-])cc32)CC1. The zero-order valence-corrected chi connectivity index (χ0v) is 25.3. The van der Waals surface area contributed by atoms with Gasteiger partial charge in [0.1, 0.15) is 0 Å². The predicted octanol–water partition coefficient (Wildman–Crippen LogP) is 5.25. The quantitative estimate of drug-likeness (QED) is 0.319. The number of hydrogen-bond donors (Lipinski definition) is 1. The average Bonchev–Trinajstić information content (AvgIpc) is 3.33. The molecule has 8 nitrogen and oxygen atoms in total. The van der Waals surface area contributed by atoms with Crippen molar-refractivity contribution in [3.63, 3.8) is 0 Å². The first kappa shape index (κ1) is 28.7. The fourth-order valence-corrected chi connectivity index (χ4v) is 7.26. The van der Waals surface area contributed by atoms with Crippen LogP contribution in [-0.4, -0.2) is 80.2 Å². The second-order valence-corrected chi connectivity index (χ2v) is 13.8. The summed E-state index contributed by atoms with van der Waals surface area (Å²) in [6, 6.07) is 13.0. The average molecular weight is 549 g/mol. The zero-order chi connectivity index (χ0) is 28.8. The molecule has 0 spiro atoms. The Kier molecular flexibility index (Phi) is 7.79. The minimum Gasteiger partial charge on any atom is -0.399 e. The molecule has 0 aliphatic carbocycles. The van der Waals surface area contributed by atoms with E-state index < -0.39 is 0 Å². The molecule has 0 bridgehead atoms. The number of hydrogen-bond acceptors (Lipinski definition) is 7. The molecule has 4 heterocycles. The van der Waals surface area contributed by atoms with E-state index in [9.17, 15) is 10.1 Å². The highest BCUT2D eigenvalue weighted by molar-refractivity contribution is 5.68. The minimum atomic E-state index is -0.293. The number of anilines is 3. The summed E-state index contributed by atoms with van der Waals surface area (Å²) < 4.78 is 0. The lowest BCUT2D eigenvalue weighted by molar-refractivity contribution is -0.384. The molecule has 2 aromatic carbocycles. The van der Waals surface area contributed by atoms with E-state index in [-0.39, 0.29) is 21.4 Å². The number of piperidine rings is 2. The van der Waals surface area contributed by atoms with Gasteiger partial charge in [-0.3, -0.25) is 10.1 Å². The third-order valence-electron chi connectivity index (χ3n) is 9.68. The van der Waals surface area contributed by atoms with Gasteiger partial charge in [0, 0.05) is 65.2 Å². The molecule has 4 aliphatic rings. The molecule has 8 heteroatoms. The normalized spacial score (nSPS) is 22.9. The summed E-state index contributed by atoms with van der Waals surface area (Å²) >= 11 is 0. The van der Waals surface area contributed by atoms with Gasteiger partial charge >= 0.3 is 0 Å². The molecule has 6 rings (SSSR count). The van der Waals surface area contributed by atoms with Gasteiger partial charge in [0.05, 0.1) is 4.92 Å². The smallest absolute Gasteiger partial charge is 0.271 e. The van der Waals surface area contributed by atoms with Crippen LogP contribution in [0.1, 0.15) is 64.5 Å². The van der Waals surface area contributed by atoms with Crippen molar-refractivity contribution >= 4 is 22.7 Å². The third-order valence-corrected chi connectivity index (χ3v) is 9.68. The molecule has 0 saturated carbocycles. The van der Waals surface area contributed by atoms with Crippen LogP contribution >= 0.6 is 0 Å². The van der Waals surface area contributed by atoms with Crippen molar-refractivity contribution in [3.05, 3.63) is 57.6 Å². The second kappa shape index (κ2) is 10.9. The highest BCUT2D eigenvalue weighted by atomic mass is 16.6. The maximum Gasteiger partial charge on any atom is 0.271 e. The molecule has 2 fully saturated rings. The summed E-state index contributed by atoms with van der Waals surface area (Å²) in [5.41, 5.74) is 12.5. The molecular weight excluding hydrogens is 500 g/mol. The van der Waals surface area contributed by atoms with Crippen LogP contribution < -0.4 is 15.5 Å². The molecule has 0 unspecified atom stereocenters. The van der Waals surface area contributed by atoms with Crippen LogP contribution in [0.25, 0.3) is 0 Å². The number of nitrogens with two attached hydrogens (primary N) is 1. The van der Waals surface area contributed by atoms with Crippen LogP contribution in [-0.2, 0) is 10.8 Å². The maximum atomic E-state index is 11.1. The van der Waals surface area contributed by atoms with Crippen molar-refractivity contribution in [2.45, 2.75) is 76.3 Å². The summed E-state index contributed by atoms with van der Waals surface area (Å²) in [5.74, 6) is 0. The van der Waals surface area contributed by atoms with Crippen LogP contribution in [0.15, 0.2) is 36.4 Å². The van der Waals surface area contributed by atoms with Gasteiger partial charge in [0.15, 0.2) is 0 Å². The van der Waals surface area contributed by atoms with Crippen molar-refractivity contribution in [3.8, 4) is 0 Å². The molecule has 0 aromatic heterocycles. The minimum absolute atomic E-state index is 0.0633. The van der Waals surface area contributed by atoms with E-state index >= 15 is 0 Å². The predicted molar refractivity (Wildman–Crippen MR) is 166 cm³/mol. The van der Waals surface area contributed by atoms with Crippen molar-refractivity contribution in [1.82, 2.24) is 9.80 Å². The first-order valence-electron chi connectivity index (χ1n) is 14.9. The molecule has 2 saturated heterocycles. The van der Waals surface area contributed by atoms with E-state index in [1.807, 2.05) is 12.1 Å². The lowest BCUT2D eigenvalue weighted by atomic mass is 9.87. The standard InChI is InChI=1S/C16H23N3O2.C16H25N3/c1-16(2)11-18(12-6-8-17(3)9-7-12)15-10-13(19(20)21)4-5-14(15)16;1-16(2)11-19(13-6-8-18(3)9-7-13)15-10-12(17)4-5-14(15)16/h4-5,10,12H,6-9,11H2,1-3H3;4-5,10,13H,6-9,11,17H2,1-3H3. The molecule has 2 aromatic rings.